The van der Waals surface area contributed by atoms with Crippen molar-refractivity contribution in [1.82, 2.24) is 5.32 Å². The first-order chi connectivity index (χ1) is 9.46. The number of hydrogen-bond donors (Lipinski definition) is 1. The van der Waals surface area contributed by atoms with Gasteiger partial charge in [-0.1, -0.05) is 19.9 Å². The van der Waals surface area contributed by atoms with Gasteiger partial charge in [-0.3, -0.25) is 4.79 Å². The molecule has 0 aliphatic heterocycles. The SMILES string of the molecule is CCC(CC)(CCl)NC(=O)c1cccc(OC(F)F)c1. The minimum absolute atomic E-state index is 0.0443. The Morgan fingerprint density at radius 1 is 1.40 bits per heavy atom. The number of alkyl halides is 3. The van der Waals surface area contributed by atoms with Crippen molar-refractivity contribution in [2.45, 2.75) is 38.8 Å². The molecule has 0 aliphatic carbocycles. The van der Waals surface area contributed by atoms with Crippen molar-refractivity contribution in [3.05, 3.63) is 29.8 Å². The summed E-state index contributed by atoms with van der Waals surface area (Å²) < 4.78 is 28.6. The van der Waals surface area contributed by atoms with Gasteiger partial charge in [0.15, 0.2) is 0 Å². The van der Waals surface area contributed by atoms with Crippen LogP contribution in [-0.2, 0) is 0 Å². The largest absolute Gasteiger partial charge is 0.435 e. The van der Waals surface area contributed by atoms with Crippen LogP contribution in [0.3, 0.4) is 0 Å². The zero-order valence-electron chi connectivity index (χ0n) is 11.5. The van der Waals surface area contributed by atoms with Gasteiger partial charge in [-0.15, -0.1) is 11.6 Å². The number of carbonyl (C=O) groups excluding carboxylic acids is 1. The molecule has 0 aliphatic rings. The van der Waals surface area contributed by atoms with E-state index in [9.17, 15) is 13.6 Å². The number of ether oxygens (including phenoxy) is 1. The molecule has 0 aromatic heterocycles. The second-order valence-electron chi connectivity index (χ2n) is 4.48. The van der Waals surface area contributed by atoms with E-state index in [0.717, 1.165) is 0 Å². The first kappa shape index (κ1) is 16.7. The predicted molar refractivity (Wildman–Crippen MR) is 74.6 cm³/mol. The highest BCUT2D eigenvalue weighted by molar-refractivity contribution is 6.19. The lowest BCUT2D eigenvalue weighted by atomic mass is 9.94. The molecule has 0 bridgehead atoms. The molecule has 1 amide bonds. The van der Waals surface area contributed by atoms with Gasteiger partial charge in [-0.2, -0.15) is 8.78 Å². The summed E-state index contributed by atoms with van der Waals surface area (Å²) in [4.78, 5) is 12.2. The Balaban J connectivity index is 2.86. The zero-order chi connectivity index (χ0) is 15.2. The van der Waals surface area contributed by atoms with E-state index in [4.69, 9.17) is 11.6 Å². The molecule has 0 atom stereocenters. The second kappa shape index (κ2) is 7.43. The van der Waals surface area contributed by atoms with Gasteiger partial charge in [0, 0.05) is 11.4 Å². The third-order valence-electron chi connectivity index (χ3n) is 3.31. The van der Waals surface area contributed by atoms with Crippen LogP contribution in [0.4, 0.5) is 8.78 Å². The van der Waals surface area contributed by atoms with Gasteiger partial charge < -0.3 is 10.1 Å². The van der Waals surface area contributed by atoms with E-state index in [1.165, 1.54) is 24.3 Å². The third kappa shape index (κ3) is 4.34. The average molecular weight is 306 g/mol. The van der Waals surface area contributed by atoms with Crippen LogP contribution in [0.15, 0.2) is 24.3 Å². The smallest absolute Gasteiger partial charge is 0.387 e. The van der Waals surface area contributed by atoms with Crippen molar-refractivity contribution in [3.63, 3.8) is 0 Å². The molecule has 0 unspecified atom stereocenters. The van der Waals surface area contributed by atoms with Crippen LogP contribution < -0.4 is 10.1 Å². The number of halogens is 3. The molecule has 0 saturated heterocycles. The molecular formula is C14H18ClF2NO2. The van der Waals surface area contributed by atoms with E-state index < -0.39 is 12.2 Å². The first-order valence-electron chi connectivity index (χ1n) is 6.39. The summed E-state index contributed by atoms with van der Waals surface area (Å²) in [5.74, 6) is -0.106. The maximum Gasteiger partial charge on any atom is 0.387 e. The maximum absolute atomic E-state index is 12.2. The summed E-state index contributed by atoms with van der Waals surface area (Å²) in [5.41, 5.74) is -0.224. The van der Waals surface area contributed by atoms with E-state index in [-0.39, 0.29) is 17.2 Å². The summed E-state index contributed by atoms with van der Waals surface area (Å²) in [7, 11) is 0. The fraction of sp³-hybridized carbons (Fsp3) is 0.500. The van der Waals surface area contributed by atoms with Gasteiger partial charge in [0.25, 0.3) is 5.91 Å². The highest BCUT2D eigenvalue weighted by Crippen LogP contribution is 2.20. The summed E-state index contributed by atoms with van der Waals surface area (Å²) in [6.07, 6.45) is 1.37. The molecule has 0 radical (unpaired) electrons. The number of nitrogens with one attached hydrogen (secondary N) is 1. The van der Waals surface area contributed by atoms with Crippen LogP contribution >= 0.6 is 11.6 Å². The lowest BCUT2D eigenvalue weighted by molar-refractivity contribution is -0.0498. The lowest BCUT2D eigenvalue weighted by Gasteiger charge is -2.30. The molecule has 0 spiro atoms. The van der Waals surface area contributed by atoms with Crippen LogP contribution in [-0.4, -0.2) is 23.9 Å². The number of amides is 1. The minimum atomic E-state index is -2.92. The van der Waals surface area contributed by atoms with Crippen molar-refractivity contribution in [2.75, 3.05) is 5.88 Å². The Labute approximate surface area is 122 Å². The van der Waals surface area contributed by atoms with E-state index in [1.54, 1.807) is 0 Å². The Morgan fingerprint density at radius 3 is 2.55 bits per heavy atom. The van der Waals surface area contributed by atoms with Crippen molar-refractivity contribution in [3.8, 4) is 5.75 Å². The number of rotatable bonds is 7. The molecule has 3 nitrogen and oxygen atoms in total. The van der Waals surface area contributed by atoms with Gasteiger partial charge in [0.05, 0.1) is 5.54 Å². The molecule has 0 saturated carbocycles. The first-order valence-corrected chi connectivity index (χ1v) is 6.93. The third-order valence-corrected chi connectivity index (χ3v) is 3.82. The van der Waals surface area contributed by atoms with Gasteiger partial charge in [0.1, 0.15) is 5.75 Å². The Kier molecular flexibility index (Phi) is 6.20. The zero-order valence-corrected chi connectivity index (χ0v) is 12.2. The maximum atomic E-state index is 12.2. The highest BCUT2D eigenvalue weighted by atomic mass is 35.5. The average Bonchev–Trinajstić information content (AvgIpc) is 2.44. The van der Waals surface area contributed by atoms with Crippen LogP contribution in [0.2, 0.25) is 0 Å². The molecular weight excluding hydrogens is 288 g/mol. The fourth-order valence-corrected chi connectivity index (χ4v) is 2.22. The van der Waals surface area contributed by atoms with E-state index >= 15 is 0 Å². The molecule has 20 heavy (non-hydrogen) atoms. The summed E-state index contributed by atoms with van der Waals surface area (Å²) in [5, 5.41) is 2.86. The van der Waals surface area contributed by atoms with Crippen molar-refractivity contribution >= 4 is 17.5 Å². The topological polar surface area (TPSA) is 38.3 Å². The van der Waals surface area contributed by atoms with Gasteiger partial charge in [-0.25, -0.2) is 0 Å². The van der Waals surface area contributed by atoms with E-state index in [2.05, 4.69) is 10.1 Å². The van der Waals surface area contributed by atoms with Crippen LogP contribution in [0, 0.1) is 0 Å². The number of hydrogen-bond acceptors (Lipinski definition) is 2. The molecule has 1 aromatic rings. The second-order valence-corrected chi connectivity index (χ2v) is 4.75. The summed E-state index contributed by atoms with van der Waals surface area (Å²) in [6.45, 7) is 0.951. The predicted octanol–water partition coefficient (Wildman–Crippen LogP) is 3.82. The van der Waals surface area contributed by atoms with Crippen LogP contribution in [0.25, 0.3) is 0 Å². The van der Waals surface area contributed by atoms with Gasteiger partial charge in [0.2, 0.25) is 0 Å². The normalized spacial score (nSPS) is 11.5. The molecule has 112 valence electrons. The minimum Gasteiger partial charge on any atom is -0.435 e. The summed E-state index contributed by atoms with van der Waals surface area (Å²) >= 11 is 5.92. The Morgan fingerprint density at radius 2 is 2.05 bits per heavy atom. The number of carbonyl (C=O) groups is 1. The lowest BCUT2D eigenvalue weighted by Crippen LogP contribution is -2.49. The standard InChI is InChI=1S/C14H18ClF2NO2/c1-3-14(4-2,9-15)18-12(19)10-6-5-7-11(8-10)20-13(16)17/h5-8,13H,3-4,9H2,1-2H3,(H,18,19). The molecule has 1 rings (SSSR count). The molecule has 1 N–H and O–H groups in total. The molecule has 1 aromatic carbocycles. The molecule has 0 heterocycles. The Hall–Kier alpha value is -1.36. The van der Waals surface area contributed by atoms with Crippen molar-refractivity contribution in [1.29, 1.82) is 0 Å². The van der Waals surface area contributed by atoms with Crippen LogP contribution in [0.5, 0.6) is 5.75 Å². The van der Waals surface area contributed by atoms with Crippen molar-refractivity contribution in [2.24, 2.45) is 0 Å². The highest BCUT2D eigenvalue weighted by Gasteiger charge is 2.27. The van der Waals surface area contributed by atoms with Crippen LogP contribution in [0.1, 0.15) is 37.0 Å². The Bertz CT molecular complexity index is 442. The van der Waals surface area contributed by atoms with E-state index in [1.807, 2.05) is 13.8 Å². The quantitative estimate of drug-likeness (QED) is 0.778. The van der Waals surface area contributed by atoms with Gasteiger partial charge in [-0.05, 0) is 31.0 Å². The summed E-state index contributed by atoms with van der Waals surface area (Å²) in [6, 6.07) is 5.69. The van der Waals surface area contributed by atoms with Gasteiger partial charge >= 0.3 is 6.61 Å². The van der Waals surface area contributed by atoms with Crippen molar-refractivity contribution < 1.29 is 18.3 Å². The molecule has 0 fully saturated rings. The fourth-order valence-electron chi connectivity index (χ4n) is 1.78. The monoisotopic (exact) mass is 305 g/mol. The molecule has 6 heteroatoms. The number of benzene rings is 1. The van der Waals surface area contributed by atoms with E-state index in [0.29, 0.717) is 18.7 Å².